The van der Waals surface area contributed by atoms with Crippen molar-refractivity contribution in [2.45, 2.75) is 11.3 Å². The number of benzene rings is 2. The van der Waals surface area contributed by atoms with Crippen molar-refractivity contribution < 1.29 is 18.1 Å². The third-order valence-corrected chi connectivity index (χ3v) is 5.89. The van der Waals surface area contributed by atoms with Crippen LogP contribution in [0, 0.1) is 10.1 Å². The fraction of sp³-hybridized carbons (Fsp3) is 0.278. The summed E-state index contributed by atoms with van der Waals surface area (Å²) in [5.74, 6) is -0.455. The number of nitrogens with one attached hydrogen (secondary N) is 2. The van der Waals surface area contributed by atoms with Crippen LogP contribution in [0.15, 0.2) is 53.4 Å². The fourth-order valence-corrected chi connectivity index (χ4v) is 3.70. The lowest BCUT2D eigenvalue weighted by molar-refractivity contribution is -0.384. The number of likely N-dealkylation sites (N-methyl/N-ethyl adjacent to an activating group) is 1. The highest BCUT2D eigenvalue weighted by Gasteiger charge is 2.26. The van der Waals surface area contributed by atoms with Gasteiger partial charge in [0.2, 0.25) is 15.9 Å². The Kier molecular flexibility index (Phi) is 7.07. The number of sulfonamides is 1. The van der Waals surface area contributed by atoms with E-state index in [4.69, 9.17) is 0 Å². The predicted octanol–water partition coefficient (Wildman–Crippen LogP) is 1.62. The van der Waals surface area contributed by atoms with E-state index in [2.05, 4.69) is 10.6 Å². The lowest BCUT2D eigenvalue weighted by atomic mass is 10.1. The van der Waals surface area contributed by atoms with Gasteiger partial charge in [0.1, 0.15) is 5.69 Å². The standard InChI is InChI=1S/C18H22N4O5S/c1-19-16-9-8-15(12-17(16)22(24)25)28(26,27)21(2)13-18(23)20-11-10-14-6-4-3-5-7-14/h3-9,12,19H,10-11,13H2,1-2H3,(H,20,23). The Hall–Kier alpha value is -2.98. The van der Waals surface area contributed by atoms with Crippen molar-refractivity contribution in [2.75, 3.05) is 32.5 Å². The zero-order valence-corrected chi connectivity index (χ0v) is 16.4. The number of carbonyl (C=O) groups excluding carboxylic acids is 1. The Morgan fingerprint density at radius 3 is 2.46 bits per heavy atom. The van der Waals surface area contributed by atoms with Crippen LogP contribution in [0.2, 0.25) is 0 Å². The lowest BCUT2D eigenvalue weighted by Crippen LogP contribution is -2.39. The van der Waals surface area contributed by atoms with Crippen LogP contribution in [0.4, 0.5) is 11.4 Å². The van der Waals surface area contributed by atoms with E-state index in [1.807, 2.05) is 30.3 Å². The first-order chi connectivity index (χ1) is 13.3. The summed E-state index contributed by atoms with van der Waals surface area (Å²) in [5, 5.41) is 16.4. The Bertz CT molecular complexity index is 948. The van der Waals surface area contributed by atoms with Crippen LogP contribution in [-0.4, -0.2) is 50.7 Å². The number of amides is 1. The molecule has 0 saturated carbocycles. The number of hydrogen-bond acceptors (Lipinski definition) is 6. The third kappa shape index (κ3) is 5.27. The Balaban J connectivity index is 2.02. The average molecular weight is 406 g/mol. The first-order valence-electron chi connectivity index (χ1n) is 8.49. The lowest BCUT2D eigenvalue weighted by Gasteiger charge is -2.17. The van der Waals surface area contributed by atoms with E-state index in [0.29, 0.717) is 13.0 Å². The molecule has 0 radical (unpaired) electrons. The van der Waals surface area contributed by atoms with Gasteiger partial charge in [-0.3, -0.25) is 14.9 Å². The van der Waals surface area contributed by atoms with Gasteiger partial charge < -0.3 is 10.6 Å². The van der Waals surface area contributed by atoms with Gasteiger partial charge in [0, 0.05) is 26.7 Å². The summed E-state index contributed by atoms with van der Waals surface area (Å²) in [4.78, 5) is 22.3. The first-order valence-corrected chi connectivity index (χ1v) is 9.93. The molecule has 150 valence electrons. The number of nitro benzene ring substituents is 1. The van der Waals surface area contributed by atoms with E-state index in [1.54, 1.807) is 0 Å². The molecule has 28 heavy (non-hydrogen) atoms. The molecule has 0 saturated heterocycles. The minimum atomic E-state index is -4.05. The van der Waals surface area contributed by atoms with Crippen molar-refractivity contribution in [1.29, 1.82) is 0 Å². The molecule has 0 aliphatic rings. The molecule has 0 aliphatic carbocycles. The number of anilines is 1. The van der Waals surface area contributed by atoms with Crippen LogP contribution in [0.25, 0.3) is 0 Å². The van der Waals surface area contributed by atoms with Gasteiger partial charge in [-0.2, -0.15) is 4.31 Å². The second-order valence-electron chi connectivity index (χ2n) is 6.03. The number of nitro groups is 1. The van der Waals surface area contributed by atoms with Gasteiger partial charge in [0.05, 0.1) is 16.4 Å². The van der Waals surface area contributed by atoms with Crippen LogP contribution in [-0.2, 0) is 21.2 Å². The quantitative estimate of drug-likeness (QED) is 0.482. The van der Waals surface area contributed by atoms with Crippen LogP contribution >= 0.6 is 0 Å². The highest BCUT2D eigenvalue weighted by molar-refractivity contribution is 7.89. The van der Waals surface area contributed by atoms with Gasteiger partial charge in [-0.05, 0) is 24.1 Å². The van der Waals surface area contributed by atoms with E-state index in [-0.39, 0.29) is 16.3 Å². The number of rotatable bonds is 9. The minimum absolute atomic E-state index is 0.199. The zero-order chi connectivity index (χ0) is 20.7. The predicted molar refractivity (Wildman–Crippen MR) is 106 cm³/mol. The largest absolute Gasteiger partial charge is 0.383 e. The molecule has 0 aliphatic heterocycles. The van der Waals surface area contributed by atoms with Crippen molar-refractivity contribution in [3.8, 4) is 0 Å². The second kappa shape index (κ2) is 9.29. The number of carbonyl (C=O) groups is 1. The highest BCUT2D eigenvalue weighted by atomic mass is 32.2. The second-order valence-corrected chi connectivity index (χ2v) is 8.08. The molecule has 0 aromatic heterocycles. The zero-order valence-electron chi connectivity index (χ0n) is 15.6. The molecule has 2 aromatic rings. The molecule has 2 aromatic carbocycles. The van der Waals surface area contributed by atoms with Gasteiger partial charge in [-0.25, -0.2) is 8.42 Å². The molecule has 9 nitrogen and oxygen atoms in total. The van der Waals surface area contributed by atoms with Crippen LogP contribution in [0.3, 0.4) is 0 Å². The Morgan fingerprint density at radius 1 is 1.18 bits per heavy atom. The van der Waals surface area contributed by atoms with E-state index >= 15 is 0 Å². The summed E-state index contributed by atoms with van der Waals surface area (Å²) in [5.41, 5.74) is 0.898. The summed E-state index contributed by atoms with van der Waals surface area (Å²) in [6, 6.07) is 13.1. The summed E-state index contributed by atoms with van der Waals surface area (Å²) in [6.07, 6.45) is 0.626. The van der Waals surface area contributed by atoms with Crippen molar-refractivity contribution in [3.63, 3.8) is 0 Å². The number of nitrogens with zero attached hydrogens (tertiary/aromatic N) is 2. The molecule has 0 fully saturated rings. The maximum absolute atomic E-state index is 12.6. The smallest absolute Gasteiger partial charge is 0.293 e. The topological polar surface area (TPSA) is 122 Å². The summed E-state index contributed by atoms with van der Waals surface area (Å²) >= 11 is 0. The minimum Gasteiger partial charge on any atom is -0.383 e. The molecular weight excluding hydrogens is 384 g/mol. The molecule has 0 bridgehead atoms. The summed E-state index contributed by atoms with van der Waals surface area (Å²) < 4.78 is 26.1. The van der Waals surface area contributed by atoms with Gasteiger partial charge >= 0.3 is 0 Å². The monoisotopic (exact) mass is 406 g/mol. The first kappa shape index (κ1) is 21.3. The van der Waals surface area contributed by atoms with Crippen molar-refractivity contribution in [2.24, 2.45) is 0 Å². The van der Waals surface area contributed by atoms with Crippen LogP contribution in [0.1, 0.15) is 5.56 Å². The molecule has 2 N–H and O–H groups in total. The van der Waals surface area contributed by atoms with Crippen molar-refractivity contribution >= 4 is 27.3 Å². The maximum atomic E-state index is 12.6. The SMILES string of the molecule is CNc1ccc(S(=O)(=O)N(C)CC(=O)NCCc2ccccc2)cc1[N+](=O)[O-]. The van der Waals surface area contributed by atoms with E-state index in [9.17, 15) is 23.3 Å². The van der Waals surface area contributed by atoms with Crippen LogP contribution in [0.5, 0.6) is 0 Å². The molecule has 1 amide bonds. The van der Waals surface area contributed by atoms with E-state index < -0.39 is 27.4 Å². The molecule has 0 unspecified atom stereocenters. The van der Waals surface area contributed by atoms with Gasteiger partial charge in [0.15, 0.2) is 0 Å². The normalized spacial score (nSPS) is 11.2. The average Bonchev–Trinajstić information content (AvgIpc) is 2.68. The summed E-state index contributed by atoms with van der Waals surface area (Å²) in [7, 11) is -1.30. The molecule has 0 spiro atoms. The molecule has 0 heterocycles. The van der Waals surface area contributed by atoms with Gasteiger partial charge in [-0.15, -0.1) is 0 Å². The van der Waals surface area contributed by atoms with Gasteiger partial charge in [-0.1, -0.05) is 30.3 Å². The maximum Gasteiger partial charge on any atom is 0.293 e. The summed E-state index contributed by atoms with van der Waals surface area (Å²) in [6.45, 7) is -0.0161. The van der Waals surface area contributed by atoms with Crippen molar-refractivity contribution in [3.05, 3.63) is 64.2 Å². The molecule has 10 heteroatoms. The fourth-order valence-electron chi connectivity index (χ4n) is 2.55. The molecule has 2 rings (SSSR count). The Morgan fingerprint density at radius 2 is 1.86 bits per heavy atom. The van der Waals surface area contributed by atoms with Gasteiger partial charge in [0.25, 0.3) is 5.69 Å². The molecular formula is C18H22N4O5S. The molecule has 0 atom stereocenters. The van der Waals surface area contributed by atoms with E-state index in [0.717, 1.165) is 15.9 Å². The van der Waals surface area contributed by atoms with Crippen LogP contribution < -0.4 is 10.6 Å². The Labute approximate surface area is 163 Å². The van der Waals surface area contributed by atoms with E-state index in [1.165, 1.54) is 26.2 Å². The van der Waals surface area contributed by atoms with Crippen molar-refractivity contribution in [1.82, 2.24) is 9.62 Å². The highest BCUT2D eigenvalue weighted by Crippen LogP contribution is 2.28. The third-order valence-electron chi connectivity index (χ3n) is 4.09. The number of hydrogen-bond donors (Lipinski definition) is 2.